The highest BCUT2D eigenvalue weighted by atomic mass is 16.5. The average Bonchev–Trinajstić information content (AvgIpc) is 2.55. The summed E-state index contributed by atoms with van der Waals surface area (Å²) in [5, 5.41) is 3.28. The van der Waals surface area contributed by atoms with E-state index in [1.54, 1.807) is 12.4 Å². The first kappa shape index (κ1) is 13.8. The first-order chi connectivity index (χ1) is 10.4. The summed E-state index contributed by atoms with van der Waals surface area (Å²) in [4.78, 5) is 8.52. The molecule has 0 bridgehead atoms. The van der Waals surface area contributed by atoms with Gasteiger partial charge in [0.1, 0.15) is 11.9 Å². The van der Waals surface area contributed by atoms with E-state index in [-0.39, 0.29) is 6.10 Å². The minimum absolute atomic E-state index is 0.213. The Balaban J connectivity index is 1.57. The van der Waals surface area contributed by atoms with Crippen molar-refractivity contribution in [2.45, 2.75) is 25.5 Å². The minimum Gasteiger partial charge on any atom is -0.474 e. The Hall–Kier alpha value is -2.14. The van der Waals surface area contributed by atoms with Gasteiger partial charge in [-0.05, 0) is 23.8 Å². The molecule has 1 saturated heterocycles. The lowest BCUT2D eigenvalue weighted by Gasteiger charge is -2.22. The molecule has 0 unspecified atom stereocenters. The van der Waals surface area contributed by atoms with E-state index in [0.717, 1.165) is 37.4 Å². The molecular weight excluding hydrogens is 266 g/mol. The van der Waals surface area contributed by atoms with Gasteiger partial charge in [0.2, 0.25) is 5.88 Å². The highest BCUT2D eigenvalue weighted by Gasteiger charge is 2.15. The molecule has 1 aliphatic rings. The molecule has 1 aliphatic heterocycles. The first-order valence-corrected chi connectivity index (χ1v) is 7.24. The molecule has 1 fully saturated rings. The van der Waals surface area contributed by atoms with Gasteiger partial charge in [-0.3, -0.25) is 0 Å². The number of pyridine rings is 2. The van der Waals surface area contributed by atoms with E-state index in [2.05, 4.69) is 15.3 Å². The summed E-state index contributed by atoms with van der Waals surface area (Å²) in [5.74, 6) is 1.54. The van der Waals surface area contributed by atoms with Crippen LogP contribution in [0.2, 0.25) is 0 Å². The fraction of sp³-hybridized carbons (Fsp3) is 0.375. The number of aromatic nitrogens is 2. The topological polar surface area (TPSA) is 56.3 Å². The van der Waals surface area contributed by atoms with Crippen molar-refractivity contribution in [1.82, 2.24) is 9.97 Å². The van der Waals surface area contributed by atoms with Gasteiger partial charge < -0.3 is 14.8 Å². The molecule has 0 atom stereocenters. The third kappa shape index (κ3) is 4.16. The maximum Gasteiger partial charge on any atom is 0.213 e. The second-order valence-corrected chi connectivity index (χ2v) is 5.00. The Morgan fingerprint density at radius 3 is 2.86 bits per heavy atom. The molecule has 3 rings (SSSR count). The normalized spacial score (nSPS) is 15.6. The lowest BCUT2D eigenvalue weighted by Crippen LogP contribution is -2.26. The molecule has 2 aromatic heterocycles. The Bertz CT molecular complexity index is 556. The lowest BCUT2D eigenvalue weighted by molar-refractivity contribution is 0.0237. The maximum absolute atomic E-state index is 5.91. The summed E-state index contributed by atoms with van der Waals surface area (Å²) in [6.07, 6.45) is 5.62. The highest BCUT2D eigenvalue weighted by molar-refractivity contribution is 5.35. The van der Waals surface area contributed by atoms with Crippen LogP contribution in [0, 0.1) is 0 Å². The van der Waals surface area contributed by atoms with E-state index < -0.39 is 0 Å². The van der Waals surface area contributed by atoms with Crippen molar-refractivity contribution in [1.29, 1.82) is 0 Å². The number of anilines is 1. The molecule has 0 aliphatic carbocycles. The van der Waals surface area contributed by atoms with Crippen molar-refractivity contribution in [3.8, 4) is 5.88 Å². The van der Waals surface area contributed by atoms with Gasteiger partial charge in [0, 0.05) is 37.8 Å². The molecule has 21 heavy (non-hydrogen) atoms. The lowest BCUT2D eigenvalue weighted by atomic mass is 10.1. The Labute approximate surface area is 124 Å². The van der Waals surface area contributed by atoms with Crippen molar-refractivity contribution in [3.63, 3.8) is 0 Å². The van der Waals surface area contributed by atoms with E-state index in [9.17, 15) is 0 Å². The van der Waals surface area contributed by atoms with E-state index in [1.165, 1.54) is 0 Å². The van der Waals surface area contributed by atoms with Crippen LogP contribution in [-0.4, -0.2) is 29.3 Å². The molecule has 5 nitrogen and oxygen atoms in total. The molecule has 110 valence electrons. The zero-order valence-electron chi connectivity index (χ0n) is 11.9. The molecule has 0 aromatic carbocycles. The standard InChI is InChI=1S/C16H19N3O2/c1-2-7-17-15(3-1)19-12-13-4-8-18-16(11-13)21-14-5-9-20-10-6-14/h1-4,7-8,11,14H,5-6,9-10,12H2,(H,17,19). The van der Waals surface area contributed by atoms with Crippen LogP contribution in [0.1, 0.15) is 18.4 Å². The van der Waals surface area contributed by atoms with Gasteiger partial charge in [0.15, 0.2) is 0 Å². The van der Waals surface area contributed by atoms with Crippen LogP contribution in [-0.2, 0) is 11.3 Å². The van der Waals surface area contributed by atoms with E-state index in [0.29, 0.717) is 12.4 Å². The zero-order chi connectivity index (χ0) is 14.3. The minimum atomic E-state index is 0.213. The number of nitrogens with zero attached hydrogens (tertiary/aromatic N) is 2. The van der Waals surface area contributed by atoms with Gasteiger partial charge in [0.25, 0.3) is 0 Å². The first-order valence-electron chi connectivity index (χ1n) is 7.24. The fourth-order valence-corrected chi connectivity index (χ4v) is 2.25. The van der Waals surface area contributed by atoms with Gasteiger partial charge in [-0.15, -0.1) is 0 Å². The van der Waals surface area contributed by atoms with Crippen LogP contribution in [0.25, 0.3) is 0 Å². The average molecular weight is 285 g/mol. The van der Waals surface area contributed by atoms with Crippen molar-refractivity contribution in [2.24, 2.45) is 0 Å². The fourth-order valence-electron chi connectivity index (χ4n) is 2.25. The van der Waals surface area contributed by atoms with Gasteiger partial charge in [0.05, 0.1) is 13.2 Å². The van der Waals surface area contributed by atoms with Crippen LogP contribution in [0.15, 0.2) is 42.7 Å². The van der Waals surface area contributed by atoms with Crippen LogP contribution in [0.4, 0.5) is 5.82 Å². The largest absolute Gasteiger partial charge is 0.474 e. The van der Waals surface area contributed by atoms with Gasteiger partial charge >= 0.3 is 0 Å². The Morgan fingerprint density at radius 1 is 1.14 bits per heavy atom. The van der Waals surface area contributed by atoms with Gasteiger partial charge in [-0.2, -0.15) is 0 Å². The quantitative estimate of drug-likeness (QED) is 0.915. The molecule has 0 saturated carbocycles. The van der Waals surface area contributed by atoms with E-state index in [1.807, 2.05) is 30.3 Å². The smallest absolute Gasteiger partial charge is 0.213 e. The highest BCUT2D eigenvalue weighted by Crippen LogP contribution is 2.17. The summed E-state index contributed by atoms with van der Waals surface area (Å²) in [6, 6.07) is 9.76. The zero-order valence-corrected chi connectivity index (χ0v) is 11.9. The predicted molar refractivity (Wildman–Crippen MR) is 80.3 cm³/mol. The molecular formula is C16H19N3O2. The third-order valence-corrected chi connectivity index (χ3v) is 3.39. The van der Waals surface area contributed by atoms with Gasteiger partial charge in [-0.1, -0.05) is 6.07 Å². The molecule has 2 aromatic rings. The summed E-state index contributed by atoms with van der Waals surface area (Å²) < 4.78 is 11.2. The van der Waals surface area contributed by atoms with E-state index >= 15 is 0 Å². The second-order valence-electron chi connectivity index (χ2n) is 5.00. The molecule has 1 N–H and O–H groups in total. The molecule has 3 heterocycles. The summed E-state index contributed by atoms with van der Waals surface area (Å²) in [5.41, 5.74) is 1.12. The van der Waals surface area contributed by atoms with Crippen molar-refractivity contribution >= 4 is 5.82 Å². The van der Waals surface area contributed by atoms with Crippen LogP contribution in [0.5, 0.6) is 5.88 Å². The molecule has 0 spiro atoms. The van der Waals surface area contributed by atoms with Crippen LogP contribution in [0.3, 0.4) is 0 Å². The maximum atomic E-state index is 5.91. The summed E-state index contributed by atoms with van der Waals surface area (Å²) >= 11 is 0. The van der Waals surface area contributed by atoms with Crippen LogP contribution >= 0.6 is 0 Å². The number of nitrogens with one attached hydrogen (secondary N) is 1. The number of hydrogen-bond donors (Lipinski definition) is 1. The monoisotopic (exact) mass is 285 g/mol. The third-order valence-electron chi connectivity index (χ3n) is 3.39. The Morgan fingerprint density at radius 2 is 2.05 bits per heavy atom. The summed E-state index contributed by atoms with van der Waals surface area (Å²) in [6.45, 7) is 2.24. The van der Waals surface area contributed by atoms with Crippen molar-refractivity contribution in [3.05, 3.63) is 48.3 Å². The predicted octanol–water partition coefficient (Wildman–Crippen LogP) is 2.65. The Kier molecular flexibility index (Phi) is 4.63. The van der Waals surface area contributed by atoms with E-state index in [4.69, 9.17) is 9.47 Å². The number of rotatable bonds is 5. The van der Waals surface area contributed by atoms with Crippen LogP contribution < -0.4 is 10.1 Å². The molecule has 0 amide bonds. The molecule has 5 heteroatoms. The number of ether oxygens (including phenoxy) is 2. The second kappa shape index (κ2) is 7.04. The van der Waals surface area contributed by atoms with Crippen molar-refractivity contribution in [2.75, 3.05) is 18.5 Å². The molecule has 0 radical (unpaired) electrons. The number of hydrogen-bond acceptors (Lipinski definition) is 5. The SMILES string of the molecule is c1ccc(NCc2ccnc(OC3CCOCC3)c2)nc1. The van der Waals surface area contributed by atoms with Crippen molar-refractivity contribution < 1.29 is 9.47 Å². The van der Waals surface area contributed by atoms with Gasteiger partial charge in [-0.25, -0.2) is 9.97 Å². The summed E-state index contributed by atoms with van der Waals surface area (Å²) in [7, 11) is 0.